The summed E-state index contributed by atoms with van der Waals surface area (Å²) in [4.78, 5) is 15.6. The van der Waals surface area contributed by atoms with Gasteiger partial charge in [0.2, 0.25) is 6.39 Å². The summed E-state index contributed by atoms with van der Waals surface area (Å²) in [6.07, 6.45) is 2.89. The molecule has 0 aliphatic carbocycles. The monoisotopic (exact) mass is 250 g/mol. The van der Waals surface area contributed by atoms with E-state index < -0.39 is 0 Å². The molecule has 0 saturated carbocycles. The van der Waals surface area contributed by atoms with Gasteiger partial charge in [-0.15, -0.1) is 0 Å². The molecule has 2 rings (SSSR count). The summed E-state index contributed by atoms with van der Waals surface area (Å²) in [6.45, 7) is 2.20. The van der Waals surface area contributed by atoms with Crippen LogP contribution in [0, 0.1) is 0 Å². The number of nitrogens with one attached hydrogen (secondary N) is 2. The van der Waals surface area contributed by atoms with Crippen molar-refractivity contribution in [3.05, 3.63) is 23.6 Å². The molecule has 8 nitrogen and oxygen atoms in total. The van der Waals surface area contributed by atoms with Gasteiger partial charge in [-0.1, -0.05) is 18.5 Å². The largest absolute Gasteiger partial charge is 0.395 e. The molecule has 0 fully saturated rings. The van der Waals surface area contributed by atoms with Gasteiger partial charge in [-0.05, 0) is 6.42 Å². The highest BCUT2D eigenvalue weighted by Crippen LogP contribution is 2.15. The van der Waals surface area contributed by atoms with E-state index in [9.17, 15) is 4.79 Å². The molecule has 2 aromatic heterocycles. The van der Waals surface area contributed by atoms with Crippen LogP contribution in [0.3, 0.4) is 0 Å². The summed E-state index contributed by atoms with van der Waals surface area (Å²) in [7, 11) is 0. The molecule has 0 spiro atoms. The van der Waals surface area contributed by atoms with Crippen LogP contribution in [-0.4, -0.2) is 26.2 Å². The van der Waals surface area contributed by atoms with Crippen LogP contribution in [0.25, 0.3) is 0 Å². The van der Waals surface area contributed by atoms with Gasteiger partial charge in [0, 0.05) is 0 Å². The Morgan fingerprint density at radius 3 is 3.11 bits per heavy atom. The van der Waals surface area contributed by atoms with Gasteiger partial charge in [-0.3, -0.25) is 9.89 Å². The molecule has 0 aliphatic heterocycles. The molecule has 0 radical (unpaired) electrons. The highest BCUT2D eigenvalue weighted by atomic mass is 16.5. The highest BCUT2D eigenvalue weighted by Gasteiger charge is 2.16. The number of nitrogen functional groups attached to an aromatic ring is 1. The number of aryl methyl sites for hydroxylation is 1. The first kappa shape index (κ1) is 12.1. The molecule has 0 bridgehead atoms. The Labute approximate surface area is 103 Å². The van der Waals surface area contributed by atoms with Gasteiger partial charge in [0.1, 0.15) is 0 Å². The molecule has 8 heteroatoms. The molecule has 96 valence electrons. The Hall–Kier alpha value is -2.38. The van der Waals surface area contributed by atoms with Crippen molar-refractivity contribution in [2.24, 2.45) is 0 Å². The molecule has 0 saturated heterocycles. The van der Waals surface area contributed by atoms with Gasteiger partial charge >= 0.3 is 0 Å². The van der Waals surface area contributed by atoms with Crippen LogP contribution in [0.2, 0.25) is 0 Å². The zero-order chi connectivity index (χ0) is 13.0. The second-order valence-electron chi connectivity index (χ2n) is 3.74. The Bertz CT molecular complexity index is 518. The fourth-order valence-corrected chi connectivity index (χ4v) is 1.51. The van der Waals surface area contributed by atoms with E-state index in [2.05, 4.69) is 30.2 Å². The number of rotatable bonds is 5. The first-order valence-corrected chi connectivity index (χ1v) is 5.58. The molecule has 0 aliphatic rings. The van der Waals surface area contributed by atoms with Crippen molar-refractivity contribution in [2.45, 2.75) is 26.3 Å². The third-order valence-corrected chi connectivity index (χ3v) is 2.41. The molecule has 0 atom stereocenters. The molecule has 18 heavy (non-hydrogen) atoms. The molecular weight excluding hydrogens is 236 g/mol. The van der Waals surface area contributed by atoms with Gasteiger partial charge in [0.25, 0.3) is 5.91 Å². The predicted molar refractivity (Wildman–Crippen MR) is 62.5 cm³/mol. The van der Waals surface area contributed by atoms with Crippen LogP contribution >= 0.6 is 0 Å². The number of carbonyl (C=O) groups is 1. The molecule has 0 aromatic carbocycles. The lowest BCUT2D eigenvalue weighted by molar-refractivity contribution is 0.0945. The van der Waals surface area contributed by atoms with Crippen molar-refractivity contribution in [2.75, 3.05) is 5.73 Å². The van der Waals surface area contributed by atoms with Crippen molar-refractivity contribution >= 4 is 11.6 Å². The maximum atomic E-state index is 11.8. The van der Waals surface area contributed by atoms with Crippen LogP contribution in [0.15, 0.2) is 10.9 Å². The average Bonchev–Trinajstić information content (AvgIpc) is 2.98. The normalized spacial score (nSPS) is 10.5. The van der Waals surface area contributed by atoms with Crippen LogP contribution in [0.5, 0.6) is 0 Å². The number of aromatic amines is 1. The zero-order valence-electron chi connectivity index (χ0n) is 9.93. The Balaban J connectivity index is 2.00. The van der Waals surface area contributed by atoms with Crippen LogP contribution in [0.4, 0.5) is 5.69 Å². The zero-order valence-corrected chi connectivity index (χ0v) is 9.93. The first-order chi connectivity index (χ1) is 8.72. The second kappa shape index (κ2) is 5.30. The molecular formula is C10H14N6O2. The lowest BCUT2D eigenvalue weighted by Gasteiger charge is -2.00. The van der Waals surface area contributed by atoms with E-state index in [0.717, 1.165) is 18.5 Å². The lowest BCUT2D eigenvalue weighted by Crippen LogP contribution is -2.24. The number of hydrogen-bond acceptors (Lipinski definition) is 6. The predicted octanol–water partition coefficient (Wildman–Crippen LogP) is 0.257. The van der Waals surface area contributed by atoms with Gasteiger partial charge in [0.15, 0.2) is 11.5 Å². The van der Waals surface area contributed by atoms with Gasteiger partial charge < -0.3 is 15.6 Å². The van der Waals surface area contributed by atoms with Gasteiger partial charge in [-0.2, -0.15) is 10.1 Å². The van der Waals surface area contributed by atoms with Crippen molar-refractivity contribution in [3.63, 3.8) is 0 Å². The third-order valence-electron chi connectivity index (χ3n) is 2.41. The molecule has 4 N–H and O–H groups in total. The minimum Gasteiger partial charge on any atom is -0.395 e. The topological polar surface area (TPSA) is 123 Å². The minimum absolute atomic E-state index is 0.171. The van der Waals surface area contributed by atoms with Gasteiger partial charge in [-0.25, -0.2) is 0 Å². The van der Waals surface area contributed by atoms with Crippen LogP contribution < -0.4 is 11.1 Å². The van der Waals surface area contributed by atoms with Crippen molar-refractivity contribution in [1.82, 2.24) is 25.7 Å². The van der Waals surface area contributed by atoms with E-state index in [4.69, 9.17) is 5.73 Å². The summed E-state index contributed by atoms with van der Waals surface area (Å²) in [6, 6.07) is 0. The smallest absolute Gasteiger partial charge is 0.274 e. The number of H-pyrrole nitrogens is 1. The summed E-state index contributed by atoms with van der Waals surface area (Å²) >= 11 is 0. The number of aromatic nitrogens is 4. The van der Waals surface area contributed by atoms with E-state index in [-0.39, 0.29) is 18.1 Å². The number of nitrogens with two attached hydrogens (primary N) is 1. The molecule has 0 unspecified atom stereocenters. The summed E-state index contributed by atoms with van der Waals surface area (Å²) in [5.74, 6) is 0.0298. The van der Waals surface area contributed by atoms with Gasteiger partial charge in [0.05, 0.1) is 17.9 Å². The van der Waals surface area contributed by atoms with Crippen molar-refractivity contribution in [3.8, 4) is 0 Å². The summed E-state index contributed by atoms with van der Waals surface area (Å²) < 4.78 is 4.55. The lowest BCUT2D eigenvalue weighted by atomic mass is 10.2. The number of anilines is 1. The first-order valence-electron chi connectivity index (χ1n) is 5.58. The number of hydrogen-bond donors (Lipinski definition) is 3. The van der Waals surface area contributed by atoms with E-state index in [0.29, 0.717) is 11.5 Å². The van der Waals surface area contributed by atoms with Crippen molar-refractivity contribution in [1.29, 1.82) is 0 Å². The van der Waals surface area contributed by atoms with E-state index in [1.165, 1.54) is 6.39 Å². The quantitative estimate of drug-likeness (QED) is 0.699. The average molecular weight is 250 g/mol. The summed E-state index contributed by atoms with van der Waals surface area (Å²) in [5, 5.41) is 12.9. The van der Waals surface area contributed by atoms with Crippen LogP contribution in [0.1, 0.15) is 35.4 Å². The third kappa shape index (κ3) is 2.47. The maximum Gasteiger partial charge on any atom is 0.274 e. The number of carbonyl (C=O) groups excluding carboxylic acids is 1. The van der Waals surface area contributed by atoms with Crippen LogP contribution in [-0.2, 0) is 13.0 Å². The fraction of sp³-hybridized carbons (Fsp3) is 0.400. The maximum absolute atomic E-state index is 11.8. The SMILES string of the molecule is CCCc1[nH]nc(C(=O)NCc2ncon2)c1N. The Morgan fingerprint density at radius 2 is 2.44 bits per heavy atom. The highest BCUT2D eigenvalue weighted by molar-refractivity contribution is 5.97. The Morgan fingerprint density at radius 1 is 1.61 bits per heavy atom. The summed E-state index contributed by atoms with van der Waals surface area (Å²) in [5.41, 5.74) is 7.20. The molecule has 2 heterocycles. The standard InChI is InChI=1S/C10H14N6O2/c1-2-3-6-8(11)9(15-14-6)10(17)12-4-7-13-5-18-16-7/h5H,2-4,11H2,1H3,(H,12,17)(H,14,15). The number of amides is 1. The Kier molecular flexibility index (Phi) is 3.56. The van der Waals surface area contributed by atoms with E-state index in [1.54, 1.807) is 0 Å². The number of nitrogens with zero attached hydrogens (tertiary/aromatic N) is 3. The fourth-order valence-electron chi connectivity index (χ4n) is 1.51. The molecule has 2 aromatic rings. The second-order valence-corrected chi connectivity index (χ2v) is 3.74. The minimum atomic E-state index is -0.365. The van der Waals surface area contributed by atoms with E-state index in [1.807, 2.05) is 6.92 Å². The molecule has 1 amide bonds. The van der Waals surface area contributed by atoms with E-state index >= 15 is 0 Å². The van der Waals surface area contributed by atoms with Crippen molar-refractivity contribution < 1.29 is 9.32 Å².